The lowest BCUT2D eigenvalue weighted by molar-refractivity contribution is -0.383. The normalized spacial score (nSPS) is 17.2. The summed E-state index contributed by atoms with van der Waals surface area (Å²) in [6.45, 7) is 2.77. The third kappa shape index (κ3) is 5.46. The molecule has 0 radical (unpaired) electrons. The first-order chi connectivity index (χ1) is 15.7. The molecular weight excluding hydrogens is 461 g/mol. The summed E-state index contributed by atoms with van der Waals surface area (Å²) < 4.78 is 44.9. The molecule has 174 valence electrons. The number of amides is 1. The average Bonchev–Trinajstić information content (AvgIpc) is 3.21. The number of nitro groups is 1. The van der Waals surface area contributed by atoms with Crippen molar-refractivity contribution in [2.24, 2.45) is 0 Å². The van der Waals surface area contributed by atoms with Gasteiger partial charge in [0.05, 0.1) is 28.7 Å². The van der Waals surface area contributed by atoms with Crippen molar-refractivity contribution in [2.75, 3.05) is 26.2 Å². The molecule has 1 aliphatic heterocycles. The van der Waals surface area contributed by atoms with Crippen LogP contribution in [-0.4, -0.2) is 53.1 Å². The third-order valence-electron chi connectivity index (χ3n) is 5.15. The maximum Gasteiger partial charge on any atom is 0.416 e. The second-order valence-electron chi connectivity index (χ2n) is 7.54. The quantitative estimate of drug-likeness (QED) is 0.425. The Morgan fingerprint density at radius 3 is 2.76 bits per heavy atom. The van der Waals surface area contributed by atoms with E-state index < -0.39 is 28.3 Å². The number of carbonyl (C=O) groups is 1. The SMILES string of the molecule is O=C(NCC1CN(Cc2ccccc2)CCO1)c1nc2cc(C(F)(F)F)cc([N+](=O)[O-])c2s1. The molecule has 1 saturated heterocycles. The van der Waals surface area contributed by atoms with E-state index in [0.717, 1.165) is 18.7 Å². The van der Waals surface area contributed by atoms with Gasteiger partial charge in [-0.25, -0.2) is 4.98 Å². The maximum atomic E-state index is 13.1. The molecule has 33 heavy (non-hydrogen) atoms. The Kier molecular flexibility index (Phi) is 6.58. The number of nitrogens with zero attached hydrogens (tertiary/aromatic N) is 3. The van der Waals surface area contributed by atoms with Gasteiger partial charge in [-0.2, -0.15) is 13.2 Å². The second kappa shape index (κ2) is 9.41. The van der Waals surface area contributed by atoms with E-state index >= 15 is 0 Å². The number of benzene rings is 2. The molecule has 12 heteroatoms. The van der Waals surface area contributed by atoms with Gasteiger partial charge in [0.1, 0.15) is 4.70 Å². The summed E-state index contributed by atoms with van der Waals surface area (Å²) >= 11 is 0.685. The highest BCUT2D eigenvalue weighted by Gasteiger charge is 2.34. The van der Waals surface area contributed by atoms with Crippen LogP contribution >= 0.6 is 11.3 Å². The summed E-state index contributed by atoms with van der Waals surface area (Å²) in [5.74, 6) is -0.622. The molecule has 1 aromatic heterocycles. The van der Waals surface area contributed by atoms with Crippen LogP contribution < -0.4 is 5.32 Å². The zero-order valence-electron chi connectivity index (χ0n) is 17.2. The van der Waals surface area contributed by atoms with E-state index in [1.807, 2.05) is 30.3 Å². The number of carbonyl (C=O) groups excluding carboxylic acids is 1. The Morgan fingerprint density at radius 2 is 2.06 bits per heavy atom. The first-order valence-electron chi connectivity index (χ1n) is 10.0. The number of nitrogens with one attached hydrogen (secondary N) is 1. The van der Waals surface area contributed by atoms with Crippen molar-refractivity contribution < 1.29 is 27.6 Å². The minimum Gasteiger partial charge on any atom is -0.374 e. The number of nitro benzene ring substituents is 1. The van der Waals surface area contributed by atoms with Crippen LogP contribution in [0.15, 0.2) is 42.5 Å². The average molecular weight is 480 g/mol. The standard InChI is InChI=1S/C21H19F3N4O4S/c22-21(23,24)14-8-16-18(17(9-14)28(30)31)33-20(26-16)19(29)25-10-15-12-27(6-7-32-15)11-13-4-2-1-3-5-13/h1-5,8-9,15H,6-7,10-12H2,(H,25,29). The van der Waals surface area contributed by atoms with E-state index in [-0.39, 0.29) is 27.9 Å². The number of hydrogen-bond donors (Lipinski definition) is 1. The highest BCUT2D eigenvalue weighted by Crippen LogP contribution is 2.38. The van der Waals surface area contributed by atoms with Crippen molar-refractivity contribution in [3.8, 4) is 0 Å². The molecule has 8 nitrogen and oxygen atoms in total. The van der Waals surface area contributed by atoms with Gasteiger partial charge in [-0.05, 0) is 11.6 Å². The molecule has 3 aromatic rings. The molecule has 1 fully saturated rings. The lowest BCUT2D eigenvalue weighted by Gasteiger charge is -2.33. The number of hydrogen-bond acceptors (Lipinski definition) is 7. The number of morpholine rings is 1. The summed E-state index contributed by atoms with van der Waals surface area (Å²) in [7, 11) is 0. The molecule has 0 saturated carbocycles. The van der Waals surface area contributed by atoms with Crippen molar-refractivity contribution >= 4 is 33.1 Å². The van der Waals surface area contributed by atoms with Crippen molar-refractivity contribution in [3.05, 3.63) is 68.7 Å². The van der Waals surface area contributed by atoms with Crippen LogP contribution in [0.3, 0.4) is 0 Å². The molecule has 0 spiro atoms. The Labute approximate surface area is 190 Å². The second-order valence-corrected chi connectivity index (χ2v) is 8.54. The molecule has 1 unspecified atom stereocenters. The van der Waals surface area contributed by atoms with Gasteiger partial charge >= 0.3 is 6.18 Å². The summed E-state index contributed by atoms with van der Waals surface area (Å²) in [4.78, 5) is 29.0. The van der Waals surface area contributed by atoms with E-state index in [1.165, 1.54) is 0 Å². The number of halogens is 3. The van der Waals surface area contributed by atoms with Gasteiger partial charge in [0.15, 0.2) is 5.01 Å². The molecule has 1 aliphatic rings. The van der Waals surface area contributed by atoms with E-state index in [1.54, 1.807) is 0 Å². The van der Waals surface area contributed by atoms with Crippen LogP contribution in [0.4, 0.5) is 18.9 Å². The van der Waals surface area contributed by atoms with Crippen molar-refractivity contribution in [1.82, 2.24) is 15.2 Å². The first kappa shape index (κ1) is 23.1. The molecule has 1 N–H and O–H groups in total. The smallest absolute Gasteiger partial charge is 0.374 e. The summed E-state index contributed by atoms with van der Waals surface area (Å²) in [5.41, 5.74) is -0.997. The van der Waals surface area contributed by atoms with Crippen LogP contribution in [0.25, 0.3) is 10.2 Å². The number of thiazole rings is 1. The zero-order valence-corrected chi connectivity index (χ0v) is 18.0. The van der Waals surface area contributed by atoms with Gasteiger partial charge in [-0.1, -0.05) is 30.3 Å². The number of alkyl halides is 3. The monoisotopic (exact) mass is 480 g/mol. The van der Waals surface area contributed by atoms with Crippen LogP contribution in [0.1, 0.15) is 20.9 Å². The van der Waals surface area contributed by atoms with E-state index in [2.05, 4.69) is 15.2 Å². The summed E-state index contributed by atoms with van der Waals surface area (Å²) in [6, 6.07) is 11.1. The fourth-order valence-corrected chi connectivity index (χ4v) is 4.53. The Morgan fingerprint density at radius 1 is 1.30 bits per heavy atom. The van der Waals surface area contributed by atoms with Gasteiger partial charge < -0.3 is 10.1 Å². The molecule has 0 bridgehead atoms. The molecule has 0 aliphatic carbocycles. The molecule has 2 heterocycles. The molecular formula is C21H19F3N4O4S. The van der Waals surface area contributed by atoms with E-state index in [9.17, 15) is 28.1 Å². The molecule has 4 rings (SSSR count). The van der Waals surface area contributed by atoms with Crippen LogP contribution in [0.2, 0.25) is 0 Å². The molecule has 1 amide bonds. The van der Waals surface area contributed by atoms with E-state index in [4.69, 9.17) is 4.74 Å². The Balaban J connectivity index is 1.43. The topological polar surface area (TPSA) is 97.6 Å². The number of ether oxygens (including phenoxy) is 1. The van der Waals surface area contributed by atoms with Gasteiger partial charge in [0.2, 0.25) is 0 Å². The van der Waals surface area contributed by atoms with Crippen LogP contribution in [-0.2, 0) is 17.5 Å². The number of aromatic nitrogens is 1. The molecule has 2 aromatic carbocycles. The fourth-order valence-electron chi connectivity index (χ4n) is 3.58. The fraction of sp³-hybridized carbons (Fsp3) is 0.333. The van der Waals surface area contributed by atoms with Crippen molar-refractivity contribution in [1.29, 1.82) is 0 Å². The minimum atomic E-state index is -4.77. The minimum absolute atomic E-state index is 0.0823. The van der Waals surface area contributed by atoms with Gasteiger partial charge in [0, 0.05) is 32.2 Å². The summed E-state index contributed by atoms with van der Waals surface area (Å²) in [6.07, 6.45) is -5.04. The zero-order chi connectivity index (χ0) is 23.6. The Bertz CT molecular complexity index is 1170. The number of non-ortho nitro benzene ring substituents is 1. The van der Waals surface area contributed by atoms with Crippen LogP contribution in [0, 0.1) is 10.1 Å². The van der Waals surface area contributed by atoms with E-state index in [0.29, 0.717) is 36.6 Å². The highest BCUT2D eigenvalue weighted by molar-refractivity contribution is 7.20. The number of fused-ring (bicyclic) bond motifs is 1. The number of rotatable bonds is 6. The molecule has 1 atom stereocenters. The lowest BCUT2D eigenvalue weighted by Crippen LogP contribution is -2.47. The third-order valence-corrected chi connectivity index (χ3v) is 6.24. The first-order valence-corrected chi connectivity index (χ1v) is 10.8. The highest BCUT2D eigenvalue weighted by atomic mass is 32.1. The lowest BCUT2D eigenvalue weighted by atomic mass is 10.2. The Hall–Kier alpha value is -3.09. The predicted octanol–water partition coefficient (Wildman–Crippen LogP) is 3.85. The van der Waals surface area contributed by atoms with Crippen molar-refractivity contribution in [3.63, 3.8) is 0 Å². The van der Waals surface area contributed by atoms with Gasteiger partial charge in [0.25, 0.3) is 11.6 Å². The van der Waals surface area contributed by atoms with Crippen molar-refractivity contribution in [2.45, 2.75) is 18.8 Å². The predicted molar refractivity (Wildman–Crippen MR) is 115 cm³/mol. The van der Waals surface area contributed by atoms with Crippen LogP contribution in [0.5, 0.6) is 0 Å². The maximum absolute atomic E-state index is 13.1. The van der Waals surface area contributed by atoms with Gasteiger partial charge in [-0.15, -0.1) is 11.3 Å². The summed E-state index contributed by atoms with van der Waals surface area (Å²) in [5, 5.41) is 13.8. The largest absolute Gasteiger partial charge is 0.416 e. The van der Waals surface area contributed by atoms with Gasteiger partial charge in [-0.3, -0.25) is 19.8 Å².